The number of benzene rings is 2. The number of carbonyl (C=O) groups excluding carboxylic acids is 1. The van der Waals surface area contributed by atoms with Crippen LogP contribution in [0, 0.1) is 12.7 Å². The Morgan fingerprint density at radius 3 is 2.36 bits per heavy atom. The number of sulfonamides is 1. The van der Waals surface area contributed by atoms with Crippen molar-refractivity contribution in [1.29, 1.82) is 0 Å². The largest absolute Gasteiger partial charge is 0.465 e. The average molecular weight is 323 g/mol. The number of rotatable bonds is 4. The van der Waals surface area contributed by atoms with E-state index in [2.05, 4.69) is 9.46 Å². The Morgan fingerprint density at radius 1 is 1.14 bits per heavy atom. The molecule has 0 saturated heterocycles. The van der Waals surface area contributed by atoms with Crippen LogP contribution in [0.4, 0.5) is 10.1 Å². The van der Waals surface area contributed by atoms with Crippen LogP contribution in [0.2, 0.25) is 0 Å². The highest BCUT2D eigenvalue weighted by Gasteiger charge is 2.16. The van der Waals surface area contributed by atoms with E-state index in [9.17, 15) is 17.6 Å². The Hall–Kier alpha value is -2.41. The lowest BCUT2D eigenvalue weighted by molar-refractivity contribution is 0.0601. The molecule has 2 aromatic carbocycles. The van der Waals surface area contributed by atoms with E-state index in [0.717, 1.165) is 24.3 Å². The summed E-state index contributed by atoms with van der Waals surface area (Å²) in [5.41, 5.74) is 1.12. The van der Waals surface area contributed by atoms with Crippen molar-refractivity contribution in [3.63, 3.8) is 0 Å². The van der Waals surface area contributed by atoms with E-state index in [1.165, 1.54) is 19.2 Å². The Morgan fingerprint density at radius 2 is 1.77 bits per heavy atom. The lowest BCUT2D eigenvalue weighted by Crippen LogP contribution is -2.14. The highest BCUT2D eigenvalue weighted by molar-refractivity contribution is 7.92. The van der Waals surface area contributed by atoms with E-state index >= 15 is 0 Å². The van der Waals surface area contributed by atoms with E-state index in [0.29, 0.717) is 5.56 Å². The Bertz CT molecular complexity index is 801. The molecule has 1 N–H and O–H groups in total. The van der Waals surface area contributed by atoms with Gasteiger partial charge in [-0.15, -0.1) is 0 Å². The van der Waals surface area contributed by atoms with Crippen LogP contribution in [0.1, 0.15) is 15.9 Å². The third-order valence-corrected chi connectivity index (χ3v) is 4.41. The number of anilines is 1. The van der Waals surface area contributed by atoms with Crippen molar-refractivity contribution in [2.45, 2.75) is 11.8 Å². The molecule has 0 fully saturated rings. The fourth-order valence-corrected chi connectivity index (χ4v) is 2.92. The molecule has 0 saturated carbocycles. The molecule has 0 amide bonds. The molecular formula is C15H14FNO4S. The van der Waals surface area contributed by atoms with Crippen LogP contribution in [0.5, 0.6) is 0 Å². The van der Waals surface area contributed by atoms with Crippen LogP contribution in [0.25, 0.3) is 0 Å². The summed E-state index contributed by atoms with van der Waals surface area (Å²) in [6.45, 7) is 1.70. The lowest BCUT2D eigenvalue weighted by Gasteiger charge is -2.11. The highest BCUT2D eigenvalue weighted by atomic mass is 32.2. The van der Waals surface area contributed by atoms with E-state index in [1.807, 2.05) is 0 Å². The summed E-state index contributed by atoms with van der Waals surface area (Å²) < 4.78 is 44.4. The first kappa shape index (κ1) is 16.0. The van der Waals surface area contributed by atoms with Gasteiger partial charge in [0, 0.05) is 0 Å². The number of ether oxygens (including phenoxy) is 1. The van der Waals surface area contributed by atoms with Crippen molar-refractivity contribution in [2.24, 2.45) is 0 Å². The summed E-state index contributed by atoms with van der Waals surface area (Å²) in [4.78, 5) is 11.4. The molecule has 2 rings (SSSR count). The fraction of sp³-hybridized carbons (Fsp3) is 0.133. The first-order chi connectivity index (χ1) is 10.3. The molecule has 0 radical (unpaired) electrons. The molecule has 116 valence electrons. The van der Waals surface area contributed by atoms with Gasteiger partial charge in [0.15, 0.2) is 0 Å². The summed E-state index contributed by atoms with van der Waals surface area (Å²) in [5, 5.41) is 0. The quantitative estimate of drug-likeness (QED) is 0.878. The zero-order chi connectivity index (χ0) is 16.3. The highest BCUT2D eigenvalue weighted by Crippen LogP contribution is 2.21. The third kappa shape index (κ3) is 3.43. The number of carbonyl (C=O) groups is 1. The minimum absolute atomic E-state index is 0.0724. The van der Waals surface area contributed by atoms with Gasteiger partial charge in [0.2, 0.25) is 0 Å². The van der Waals surface area contributed by atoms with E-state index < -0.39 is 21.8 Å². The van der Waals surface area contributed by atoms with Gasteiger partial charge in [0.1, 0.15) is 5.82 Å². The molecule has 0 aliphatic carbocycles. The van der Waals surface area contributed by atoms with Crippen LogP contribution in [-0.4, -0.2) is 21.5 Å². The van der Waals surface area contributed by atoms with Crippen LogP contribution in [0.15, 0.2) is 47.4 Å². The molecule has 0 atom stereocenters. The molecule has 0 aliphatic heterocycles. The third-order valence-electron chi connectivity index (χ3n) is 3.03. The van der Waals surface area contributed by atoms with E-state index in [-0.39, 0.29) is 16.1 Å². The Balaban J connectivity index is 2.37. The van der Waals surface area contributed by atoms with Crippen LogP contribution in [-0.2, 0) is 14.8 Å². The Labute approximate surface area is 127 Å². The van der Waals surface area contributed by atoms with Crippen molar-refractivity contribution in [3.05, 3.63) is 59.4 Å². The molecule has 0 aromatic heterocycles. The van der Waals surface area contributed by atoms with Crippen LogP contribution >= 0.6 is 0 Å². The normalized spacial score (nSPS) is 11.0. The maximum atomic E-state index is 12.9. The summed E-state index contributed by atoms with van der Waals surface area (Å²) in [6, 6.07) is 8.99. The maximum Gasteiger partial charge on any atom is 0.337 e. The van der Waals surface area contributed by atoms with Crippen LogP contribution in [0.3, 0.4) is 0 Å². The van der Waals surface area contributed by atoms with Gasteiger partial charge in [-0.1, -0.05) is 6.07 Å². The molecule has 0 bridgehead atoms. The van der Waals surface area contributed by atoms with Gasteiger partial charge < -0.3 is 4.74 Å². The van der Waals surface area contributed by atoms with Gasteiger partial charge in [-0.25, -0.2) is 17.6 Å². The second-order valence-electron chi connectivity index (χ2n) is 4.58. The van der Waals surface area contributed by atoms with Gasteiger partial charge >= 0.3 is 5.97 Å². The van der Waals surface area contributed by atoms with Gasteiger partial charge in [0.25, 0.3) is 10.0 Å². The molecular weight excluding hydrogens is 309 g/mol. The van der Waals surface area contributed by atoms with Gasteiger partial charge in [0.05, 0.1) is 23.3 Å². The number of esters is 1. The molecule has 22 heavy (non-hydrogen) atoms. The van der Waals surface area contributed by atoms with Crippen LogP contribution < -0.4 is 4.72 Å². The maximum absolute atomic E-state index is 12.9. The minimum atomic E-state index is -3.87. The number of aryl methyl sites for hydroxylation is 1. The number of hydrogen-bond donors (Lipinski definition) is 1. The predicted octanol–water partition coefficient (Wildman–Crippen LogP) is 2.72. The topological polar surface area (TPSA) is 72.5 Å². The summed E-state index contributed by atoms with van der Waals surface area (Å²) in [7, 11) is -2.63. The smallest absolute Gasteiger partial charge is 0.337 e. The second-order valence-corrected chi connectivity index (χ2v) is 6.26. The van der Waals surface area contributed by atoms with Crippen molar-refractivity contribution in [1.82, 2.24) is 0 Å². The molecule has 0 heterocycles. The molecule has 0 unspecified atom stereocenters. The van der Waals surface area contributed by atoms with Crippen molar-refractivity contribution in [2.75, 3.05) is 11.8 Å². The standard InChI is InChI=1S/C15H14FNO4S/c1-10-3-4-11(15(18)21-2)9-14(10)17-22(19,20)13-7-5-12(16)6-8-13/h3-9,17H,1-2H3. The number of halogens is 1. The Kier molecular flexibility index (Phi) is 4.46. The summed E-state index contributed by atoms with van der Waals surface area (Å²) in [6.07, 6.45) is 0. The summed E-state index contributed by atoms with van der Waals surface area (Å²) in [5.74, 6) is -1.09. The molecule has 0 spiro atoms. The van der Waals surface area contributed by atoms with Gasteiger partial charge in [-0.2, -0.15) is 0 Å². The molecule has 2 aromatic rings. The first-order valence-corrected chi connectivity index (χ1v) is 7.79. The zero-order valence-corrected chi connectivity index (χ0v) is 12.8. The average Bonchev–Trinajstić information content (AvgIpc) is 2.49. The molecule has 7 heteroatoms. The first-order valence-electron chi connectivity index (χ1n) is 6.31. The van der Waals surface area contributed by atoms with E-state index in [1.54, 1.807) is 13.0 Å². The zero-order valence-electron chi connectivity index (χ0n) is 12.0. The van der Waals surface area contributed by atoms with E-state index in [4.69, 9.17) is 0 Å². The molecule has 5 nitrogen and oxygen atoms in total. The second kappa shape index (κ2) is 6.15. The van der Waals surface area contributed by atoms with Crippen molar-refractivity contribution in [3.8, 4) is 0 Å². The molecule has 0 aliphatic rings. The van der Waals surface area contributed by atoms with Crippen molar-refractivity contribution < 1.29 is 22.3 Å². The van der Waals surface area contributed by atoms with Gasteiger partial charge in [-0.3, -0.25) is 4.72 Å². The predicted molar refractivity (Wildman–Crippen MR) is 79.7 cm³/mol. The fourth-order valence-electron chi connectivity index (χ4n) is 1.79. The van der Waals surface area contributed by atoms with Crippen molar-refractivity contribution >= 4 is 21.7 Å². The number of methoxy groups -OCH3 is 1. The monoisotopic (exact) mass is 323 g/mol. The SMILES string of the molecule is COC(=O)c1ccc(C)c(NS(=O)(=O)c2ccc(F)cc2)c1. The van der Waals surface area contributed by atoms with Gasteiger partial charge in [-0.05, 0) is 48.9 Å². The summed E-state index contributed by atoms with van der Waals surface area (Å²) >= 11 is 0. The number of hydrogen-bond acceptors (Lipinski definition) is 4. The minimum Gasteiger partial charge on any atom is -0.465 e. The lowest BCUT2D eigenvalue weighted by atomic mass is 10.1. The number of nitrogens with one attached hydrogen (secondary N) is 1.